The summed E-state index contributed by atoms with van der Waals surface area (Å²) in [4.78, 5) is 2.61. The molecule has 3 aromatic rings. The first-order valence-electron chi connectivity index (χ1n) is 10.6. The Kier molecular flexibility index (Phi) is 5.49. The van der Waals surface area contributed by atoms with Crippen LogP contribution in [0.1, 0.15) is 16.8 Å². The van der Waals surface area contributed by atoms with Gasteiger partial charge in [-0.2, -0.15) is 0 Å². The van der Waals surface area contributed by atoms with Gasteiger partial charge in [-0.15, -0.1) is 0 Å². The average Bonchev–Trinajstić information content (AvgIpc) is 3.00. The first-order valence-corrected chi connectivity index (χ1v) is 14.0. The zero-order valence-corrected chi connectivity index (χ0v) is 19.0. The molecule has 29 heavy (non-hydrogen) atoms. The first kappa shape index (κ1) is 20.1. The van der Waals surface area contributed by atoms with Gasteiger partial charge in [-0.05, 0) is 80.5 Å². The highest BCUT2D eigenvalue weighted by Gasteiger charge is 2.28. The zero-order chi connectivity index (χ0) is 20.6. The fourth-order valence-electron chi connectivity index (χ4n) is 4.33. The second-order valence-electron chi connectivity index (χ2n) is 9.28. The number of aryl methyl sites for hydroxylation is 2. The highest BCUT2D eigenvalue weighted by Crippen LogP contribution is 2.33. The van der Waals surface area contributed by atoms with E-state index in [1.807, 2.05) is 12.1 Å². The van der Waals surface area contributed by atoms with E-state index in [2.05, 4.69) is 66.7 Å². The van der Waals surface area contributed by atoms with Gasteiger partial charge in [-0.1, -0.05) is 42.9 Å². The molecule has 0 amide bonds. The molecule has 0 N–H and O–H groups in total. The van der Waals surface area contributed by atoms with Gasteiger partial charge in [0.2, 0.25) is 0 Å². The van der Waals surface area contributed by atoms with Crippen molar-refractivity contribution in [3.05, 3.63) is 77.2 Å². The number of hydrogen-bond donors (Lipinski definition) is 0. The van der Waals surface area contributed by atoms with E-state index in [0.29, 0.717) is 0 Å². The molecule has 0 radical (unpaired) electrons. The second kappa shape index (κ2) is 7.92. The van der Waals surface area contributed by atoms with Gasteiger partial charge in [-0.3, -0.25) is 4.90 Å². The van der Waals surface area contributed by atoms with E-state index in [1.165, 1.54) is 53.3 Å². The Hall–Kier alpha value is -2.17. The predicted octanol–water partition coefficient (Wildman–Crippen LogP) is 6.42. The van der Waals surface area contributed by atoms with Gasteiger partial charge in [-0.25, -0.2) is 4.39 Å². The maximum absolute atomic E-state index is 13.5. The van der Waals surface area contributed by atoms with Crippen LogP contribution in [-0.2, 0) is 6.54 Å². The molecule has 0 unspecified atom stereocenters. The van der Waals surface area contributed by atoms with Crippen LogP contribution in [0.4, 0.5) is 4.39 Å². The van der Waals surface area contributed by atoms with Crippen LogP contribution in [0.2, 0.25) is 25.2 Å². The van der Waals surface area contributed by atoms with Crippen molar-refractivity contribution in [1.82, 2.24) is 9.47 Å². The Bertz CT molecular complexity index is 977. The minimum absolute atomic E-state index is 0.198. The predicted molar refractivity (Wildman–Crippen MR) is 123 cm³/mol. The van der Waals surface area contributed by atoms with Crippen LogP contribution in [0.25, 0.3) is 16.9 Å². The molecule has 1 aliphatic rings. The minimum Gasteiger partial charge on any atom is -0.314 e. The van der Waals surface area contributed by atoms with Crippen molar-refractivity contribution in [2.45, 2.75) is 45.6 Å². The Morgan fingerprint density at radius 3 is 2.14 bits per heavy atom. The molecule has 4 heteroatoms. The van der Waals surface area contributed by atoms with E-state index in [0.717, 1.165) is 12.2 Å². The largest absolute Gasteiger partial charge is 0.314 e. The third-order valence-corrected chi connectivity index (χ3v) is 9.43. The Morgan fingerprint density at radius 1 is 0.897 bits per heavy atom. The smallest absolute Gasteiger partial charge is 0.123 e. The molecule has 1 saturated heterocycles. The number of nitrogens with zero attached hydrogens (tertiary/aromatic N) is 2. The Labute approximate surface area is 175 Å². The van der Waals surface area contributed by atoms with Gasteiger partial charge in [0.05, 0.1) is 5.69 Å². The Balaban J connectivity index is 1.76. The van der Waals surface area contributed by atoms with Crippen LogP contribution in [-0.4, -0.2) is 30.6 Å². The number of benzene rings is 2. The summed E-state index contributed by atoms with van der Waals surface area (Å²) in [7, 11) is -0.979. The molecule has 2 nitrogen and oxygen atoms in total. The summed E-state index contributed by atoms with van der Waals surface area (Å²) >= 11 is 0. The lowest BCUT2D eigenvalue weighted by molar-refractivity contribution is 0.282. The fraction of sp³-hybridized carbons (Fsp3) is 0.360. The third kappa shape index (κ3) is 4.38. The molecular weight excluding hydrogens is 375 g/mol. The van der Waals surface area contributed by atoms with Crippen molar-refractivity contribution in [1.29, 1.82) is 0 Å². The summed E-state index contributed by atoms with van der Waals surface area (Å²) in [5.41, 5.74) is 7.27. The molecule has 0 bridgehead atoms. The normalized spacial score (nSPS) is 16.9. The molecular formula is C25H31FN2Si. The summed E-state index contributed by atoms with van der Waals surface area (Å²) < 4.78 is 15.8. The fourth-order valence-corrected chi connectivity index (χ4v) is 6.42. The van der Waals surface area contributed by atoms with Gasteiger partial charge >= 0.3 is 0 Å². The summed E-state index contributed by atoms with van der Waals surface area (Å²) in [5.74, 6) is -0.198. The van der Waals surface area contributed by atoms with Crippen molar-refractivity contribution >= 4 is 8.07 Å². The molecule has 1 aliphatic heterocycles. The van der Waals surface area contributed by atoms with Crippen LogP contribution in [0.3, 0.4) is 0 Å². The number of hydrogen-bond acceptors (Lipinski definition) is 1. The monoisotopic (exact) mass is 406 g/mol. The van der Waals surface area contributed by atoms with Gasteiger partial charge in [0, 0.05) is 26.0 Å². The quantitative estimate of drug-likeness (QED) is 0.454. The summed E-state index contributed by atoms with van der Waals surface area (Å²) in [6.07, 6.45) is 0. The van der Waals surface area contributed by atoms with Crippen molar-refractivity contribution in [3.8, 4) is 16.9 Å². The molecule has 2 aromatic carbocycles. The molecule has 0 spiro atoms. The lowest BCUT2D eigenvalue weighted by atomic mass is 10.1. The summed E-state index contributed by atoms with van der Waals surface area (Å²) in [6.45, 7) is 12.7. The zero-order valence-electron chi connectivity index (χ0n) is 18.0. The van der Waals surface area contributed by atoms with Crippen molar-refractivity contribution in [3.63, 3.8) is 0 Å². The first-order chi connectivity index (χ1) is 13.8. The highest BCUT2D eigenvalue weighted by atomic mass is 28.3. The number of halogens is 1. The Morgan fingerprint density at radius 2 is 1.52 bits per heavy atom. The topological polar surface area (TPSA) is 8.17 Å². The SMILES string of the molecule is Cc1ccc(-c2c(CN3CC[Si](C)(C)CC3)cc(C)n2-c2ccc(F)cc2)cc1. The van der Waals surface area contributed by atoms with Crippen LogP contribution >= 0.6 is 0 Å². The molecule has 4 rings (SSSR count). The van der Waals surface area contributed by atoms with E-state index in [9.17, 15) is 4.39 Å². The van der Waals surface area contributed by atoms with E-state index < -0.39 is 8.07 Å². The third-order valence-electron chi connectivity index (χ3n) is 6.28. The van der Waals surface area contributed by atoms with E-state index in [1.54, 1.807) is 12.1 Å². The van der Waals surface area contributed by atoms with Gasteiger partial charge < -0.3 is 4.57 Å². The molecule has 0 aliphatic carbocycles. The number of aromatic nitrogens is 1. The van der Waals surface area contributed by atoms with Crippen LogP contribution in [0, 0.1) is 19.7 Å². The lowest BCUT2D eigenvalue weighted by Gasteiger charge is -2.35. The maximum Gasteiger partial charge on any atom is 0.123 e. The maximum atomic E-state index is 13.5. The second-order valence-corrected chi connectivity index (χ2v) is 14.6. The van der Waals surface area contributed by atoms with Crippen molar-refractivity contribution < 1.29 is 4.39 Å². The van der Waals surface area contributed by atoms with E-state index in [-0.39, 0.29) is 5.82 Å². The van der Waals surface area contributed by atoms with Gasteiger partial charge in [0.25, 0.3) is 0 Å². The minimum atomic E-state index is -0.979. The summed E-state index contributed by atoms with van der Waals surface area (Å²) in [6, 6.07) is 20.7. The van der Waals surface area contributed by atoms with Crippen molar-refractivity contribution in [2.24, 2.45) is 0 Å². The van der Waals surface area contributed by atoms with E-state index >= 15 is 0 Å². The molecule has 0 atom stereocenters. The average molecular weight is 407 g/mol. The molecule has 152 valence electrons. The molecule has 1 aromatic heterocycles. The van der Waals surface area contributed by atoms with Gasteiger partial charge in [0.15, 0.2) is 0 Å². The van der Waals surface area contributed by atoms with Crippen LogP contribution in [0.5, 0.6) is 0 Å². The molecule has 0 saturated carbocycles. The number of rotatable bonds is 4. The van der Waals surface area contributed by atoms with Crippen LogP contribution in [0.15, 0.2) is 54.6 Å². The molecule has 2 heterocycles. The van der Waals surface area contributed by atoms with Crippen molar-refractivity contribution in [2.75, 3.05) is 13.1 Å². The van der Waals surface area contributed by atoms with Gasteiger partial charge in [0.1, 0.15) is 5.82 Å². The van der Waals surface area contributed by atoms with E-state index in [4.69, 9.17) is 0 Å². The van der Waals surface area contributed by atoms with Crippen LogP contribution < -0.4 is 0 Å². The molecule has 1 fully saturated rings. The standard InChI is InChI=1S/C25H31FN2Si/c1-19-5-7-21(8-6-19)25-22(18-27-13-15-29(3,4)16-14-27)17-20(2)28(25)24-11-9-23(26)10-12-24/h5-12,17H,13-16,18H2,1-4H3. The lowest BCUT2D eigenvalue weighted by Crippen LogP contribution is -2.42. The summed E-state index contributed by atoms with van der Waals surface area (Å²) in [5, 5.41) is 0. The highest BCUT2D eigenvalue weighted by molar-refractivity contribution is 6.77.